The molecule has 13 heteroatoms. The molecule has 16 atom stereocenters. The third-order valence-corrected chi connectivity index (χ3v) is 25.0. The van der Waals surface area contributed by atoms with Crippen LogP contribution in [0.15, 0.2) is 121 Å². The minimum absolute atomic E-state index is 0.0704. The van der Waals surface area contributed by atoms with Crippen LogP contribution in [0.3, 0.4) is 0 Å². The van der Waals surface area contributed by atoms with E-state index in [1.165, 1.54) is 0 Å². The van der Waals surface area contributed by atoms with Gasteiger partial charge < -0.3 is 36.6 Å². The maximum Gasteiger partial charge on any atom is 0.229 e. The highest BCUT2D eigenvalue weighted by molar-refractivity contribution is 15.0. The molecule has 0 aromatic heterocycles. The van der Waals surface area contributed by atoms with E-state index in [0.29, 0.717) is 68.1 Å². The molecule has 8 bridgehead atoms. The zero-order chi connectivity index (χ0) is 59.0. The predicted molar refractivity (Wildman–Crippen MR) is 339 cm³/mol. The minimum atomic E-state index is -0.864. The molecule has 0 spiro atoms. The molecule has 442 valence electrons. The van der Waals surface area contributed by atoms with Crippen LogP contribution in [-0.2, 0) is 19.2 Å². The zero-order valence-electron chi connectivity index (χ0n) is 49.7. The Labute approximate surface area is 511 Å². The molecule has 7 N–H and O–H groups in total. The zero-order valence-corrected chi connectivity index (χ0v) is 54.0. The molecule has 4 aromatic rings. The van der Waals surface area contributed by atoms with Gasteiger partial charge in [0.1, 0.15) is 0 Å². The number of hydrogen-bond acceptors (Lipinski definition) is 7. The Bertz CT molecular complexity index is 2570. The van der Waals surface area contributed by atoms with Crippen LogP contribution in [0.5, 0.6) is 0 Å². The summed E-state index contributed by atoms with van der Waals surface area (Å²) in [5, 5.41) is 47.3. The van der Waals surface area contributed by atoms with Crippen molar-refractivity contribution >= 4 is 60.9 Å². The van der Waals surface area contributed by atoms with Crippen molar-refractivity contribution in [2.75, 3.05) is 0 Å². The number of hydrogen-bond donors (Lipinski definition) is 7. The number of nitrogens with one attached hydrogen (secondary N) is 4. The molecule has 0 unspecified atom stereocenters. The van der Waals surface area contributed by atoms with Gasteiger partial charge in [0, 0.05) is 37.2 Å². The summed E-state index contributed by atoms with van der Waals surface area (Å²) in [5.74, 6) is 1.57. The largest absolute Gasteiger partial charge is 0.392 e. The van der Waals surface area contributed by atoms with Crippen molar-refractivity contribution in [2.24, 2.45) is 72.9 Å². The van der Waals surface area contributed by atoms with Crippen LogP contribution in [0, 0.1) is 72.9 Å². The average Bonchev–Trinajstić information content (AvgIpc) is 1.96. The van der Waals surface area contributed by atoms with Crippen LogP contribution >= 0.6 is 37.2 Å². The molecule has 12 rings (SSSR count). The van der Waals surface area contributed by atoms with Crippen LogP contribution in [-0.4, -0.2) is 57.3 Å². The second kappa shape index (κ2) is 22.7. The number of benzene rings is 4. The van der Waals surface area contributed by atoms with Gasteiger partial charge in [0.2, 0.25) is 23.6 Å². The van der Waals surface area contributed by atoms with Crippen molar-refractivity contribution < 1.29 is 34.5 Å². The number of aliphatic hydroxyl groups is 3. The van der Waals surface area contributed by atoms with Crippen molar-refractivity contribution in [2.45, 2.75) is 182 Å². The lowest BCUT2D eigenvalue weighted by atomic mass is 9.64. The van der Waals surface area contributed by atoms with Gasteiger partial charge in [-0.1, -0.05) is 184 Å². The SMILES string of the molecule is CC1(C)[C@@H]2CC[C@@]1(C(=O)N[C@H](c1ccccc1)[C@H](NC(=O)[C@]13CC[C@H](C[C@H]1O)C3(C)C)c1ccccc1)[C@H](O)C2.C[C@@H]1C[C@H]2CC[C@]1(C(=O)N[C@@H](c1ccccc1)[C@@H](NC(=O)[C@]13CC[C@H](C[C@H]1O)C3(C)C)c1ccccc1)C2(C)C.II. The lowest BCUT2D eigenvalue weighted by Gasteiger charge is -2.43. The minimum Gasteiger partial charge on any atom is -0.392 e. The summed E-state index contributed by atoms with van der Waals surface area (Å²) in [5.41, 5.74) is -0.292. The third-order valence-electron chi connectivity index (χ3n) is 25.0. The number of fused-ring (bicyclic) bond motifs is 8. The number of aliphatic hydroxyl groups excluding tert-OH is 3. The quantitative estimate of drug-likeness (QED) is 0.0615. The van der Waals surface area contributed by atoms with Gasteiger partial charge in [-0.25, -0.2) is 0 Å². The van der Waals surface area contributed by atoms with Crippen molar-refractivity contribution in [3.8, 4) is 0 Å². The standard InChI is InChI=1S/C35H46N2O3.C34H44N2O4.I2/c1-22-20-25-16-18-34(22,32(25,2)3)30(39)36-28(23-12-8-6-9-13-23)29(24-14-10-7-11-15-24)37-31(40)35-19-17-26(21-27(35)38)33(35,4)5;1-31(2)23-15-17-33(31,25(37)19-23)29(39)35-27(21-11-7-5-8-12-21)28(22-13-9-6-10-14-22)36-30(40)34-18-16-24(20-26(34)38)32(34,3)4;1-2/h6-15,22,25-29,38H,16-21H2,1-5H3,(H,36,39)(H,37,40);5-14,23-28,37-38H,15-20H2,1-4H3,(H,35,39)(H,36,40);/t22-,25-,26-,27-,28+,29+,34+,35+;23-,24-,25-,26-,27-,28-,33+,34+;/m11./s1. The molecule has 82 heavy (non-hydrogen) atoms. The monoisotopic (exact) mass is 1340 g/mol. The van der Waals surface area contributed by atoms with Gasteiger partial charge in [-0.15, -0.1) is 0 Å². The van der Waals surface area contributed by atoms with E-state index in [0.717, 1.165) is 60.8 Å². The molecule has 8 aliphatic carbocycles. The fraction of sp³-hybridized carbons (Fsp3) is 0.594. The van der Waals surface area contributed by atoms with Gasteiger partial charge in [-0.2, -0.15) is 0 Å². The van der Waals surface area contributed by atoms with Crippen LogP contribution in [0.2, 0.25) is 0 Å². The van der Waals surface area contributed by atoms with Crippen molar-refractivity contribution in [3.05, 3.63) is 144 Å². The lowest BCUT2D eigenvalue weighted by molar-refractivity contribution is -0.147. The van der Waals surface area contributed by atoms with Crippen LogP contribution in [0.4, 0.5) is 0 Å². The van der Waals surface area contributed by atoms with Gasteiger partial charge in [0.15, 0.2) is 0 Å². The normalized spacial score (nSPS) is 35.4. The summed E-state index contributed by atoms with van der Waals surface area (Å²) in [4.78, 5) is 57.7. The molecule has 8 aliphatic rings. The molecular weight excluding hydrogens is 1250 g/mol. The summed E-state index contributed by atoms with van der Waals surface area (Å²) >= 11 is 4.24. The van der Waals surface area contributed by atoms with E-state index in [-0.39, 0.29) is 45.3 Å². The van der Waals surface area contributed by atoms with Gasteiger partial charge in [-0.05, 0) is 151 Å². The van der Waals surface area contributed by atoms with Crippen LogP contribution < -0.4 is 21.3 Å². The van der Waals surface area contributed by atoms with Crippen LogP contribution in [0.25, 0.3) is 0 Å². The van der Waals surface area contributed by atoms with E-state index in [4.69, 9.17) is 0 Å². The van der Waals surface area contributed by atoms with E-state index in [1.807, 2.05) is 121 Å². The van der Waals surface area contributed by atoms with Crippen molar-refractivity contribution in [3.63, 3.8) is 0 Å². The van der Waals surface area contributed by atoms with Gasteiger partial charge in [0.05, 0.1) is 64.1 Å². The summed E-state index contributed by atoms with van der Waals surface area (Å²) in [7, 11) is 0. The second-order valence-electron chi connectivity index (χ2n) is 28.6. The van der Waals surface area contributed by atoms with Gasteiger partial charge in [-0.3, -0.25) is 19.2 Å². The van der Waals surface area contributed by atoms with E-state index in [2.05, 4.69) is 121 Å². The molecule has 11 nitrogen and oxygen atoms in total. The highest BCUT2D eigenvalue weighted by atomic mass is 128. The van der Waals surface area contributed by atoms with E-state index >= 15 is 0 Å². The number of carbonyl (C=O) groups excluding carboxylic acids is 4. The first-order valence-corrected chi connectivity index (χ1v) is 36.8. The number of carbonyl (C=O) groups is 4. The molecule has 0 saturated heterocycles. The third kappa shape index (κ3) is 9.19. The topological polar surface area (TPSA) is 177 Å². The Balaban J connectivity index is 0.000000178. The summed E-state index contributed by atoms with van der Waals surface area (Å²) in [6, 6.07) is 37.6. The number of halogens is 2. The number of rotatable bonds is 14. The molecular formula is C69H90I2N4O7. The predicted octanol–water partition coefficient (Wildman–Crippen LogP) is 13.2. The van der Waals surface area contributed by atoms with E-state index in [9.17, 15) is 34.5 Å². The Hall–Kier alpha value is -3.90. The Morgan fingerprint density at radius 1 is 0.378 bits per heavy atom. The Morgan fingerprint density at radius 3 is 0.768 bits per heavy atom. The molecule has 8 fully saturated rings. The van der Waals surface area contributed by atoms with E-state index in [1.54, 1.807) is 0 Å². The highest BCUT2D eigenvalue weighted by Crippen LogP contribution is 2.70. The summed E-state index contributed by atoms with van der Waals surface area (Å²) in [6.45, 7) is 19.6. The van der Waals surface area contributed by atoms with Crippen LogP contribution in [0.1, 0.15) is 186 Å². The molecule has 4 aromatic carbocycles. The fourth-order valence-corrected chi connectivity index (χ4v) is 19.6. The molecule has 0 radical (unpaired) electrons. The maximum atomic E-state index is 14.5. The average molecular weight is 1340 g/mol. The first kappa shape index (κ1) is 61.2. The summed E-state index contributed by atoms with van der Waals surface area (Å²) in [6.07, 6.45) is 7.86. The lowest BCUT2D eigenvalue weighted by Crippen LogP contribution is -2.56. The smallest absolute Gasteiger partial charge is 0.229 e. The molecule has 4 amide bonds. The number of amides is 4. The highest BCUT2D eigenvalue weighted by Gasteiger charge is 2.71. The van der Waals surface area contributed by atoms with E-state index < -0.39 is 64.1 Å². The molecule has 8 saturated carbocycles. The molecule has 0 heterocycles. The Morgan fingerprint density at radius 2 is 0.585 bits per heavy atom. The van der Waals surface area contributed by atoms with Gasteiger partial charge in [0.25, 0.3) is 0 Å². The Kier molecular flexibility index (Phi) is 17.0. The first-order valence-electron chi connectivity index (χ1n) is 30.6. The van der Waals surface area contributed by atoms with Crippen molar-refractivity contribution in [1.29, 1.82) is 0 Å². The second-order valence-corrected chi connectivity index (χ2v) is 28.6. The van der Waals surface area contributed by atoms with Gasteiger partial charge >= 0.3 is 0 Å². The maximum absolute atomic E-state index is 14.5. The first-order chi connectivity index (χ1) is 38.9. The molecule has 0 aliphatic heterocycles. The fourth-order valence-electron chi connectivity index (χ4n) is 19.6. The summed E-state index contributed by atoms with van der Waals surface area (Å²) < 4.78 is 0. The van der Waals surface area contributed by atoms with Crippen molar-refractivity contribution in [1.82, 2.24) is 21.3 Å².